The summed E-state index contributed by atoms with van der Waals surface area (Å²) in [6.07, 6.45) is 1.89. The second-order valence-electron chi connectivity index (χ2n) is 6.09. The maximum absolute atomic E-state index is 13.8. The van der Waals surface area contributed by atoms with Crippen LogP contribution in [-0.4, -0.2) is 68.9 Å². The Kier molecular flexibility index (Phi) is 6.77. The summed E-state index contributed by atoms with van der Waals surface area (Å²) >= 11 is 3.21. The quantitative estimate of drug-likeness (QED) is 0.702. The number of hydrogen-bond donors (Lipinski definition) is 0. The molecular formula is C16H22BrFN2O3S. The monoisotopic (exact) mass is 420 g/mol. The first-order chi connectivity index (χ1) is 11.2. The third kappa shape index (κ3) is 6.14. The van der Waals surface area contributed by atoms with Gasteiger partial charge >= 0.3 is 0 Å². The van der Waals surface area contributed by atoms with Crippen molar-refractivity contribution >= 4 is 31.7 Å². The molecule has 2 rings (SSSR count). The summed E-state index contributed by atoms with van der Waals surface area (Å²) < 4.78 is 36.8. The second kappa shape index (κ2) is 8.40. The lowest BCUT2D eigenvalue weighted by molar-refractivity contribution is -0.132. The maximum Gasteiger partial charge on any atom is 0.222 e. The standard InChI is InChI=1S/C16H22BrFN2O3S/c1-24(22,23)11-10-19-6-8-20(9-7-19)16(21)5-3-13-2-4-14(17)12-15(13)18/h2,4,12H,3,5-11H2,1H3. The molecule has 1 aromatic carbocycles. The van der Waals surface area contributed by atoms with Crippen molar-refractivity contribution in [3.8, 4) is 0 Å². The first kappa shape index (κ1) is 19.3. The molecule has 5 nitrogen and oxygen atoms in total. The first-order valence-corrected chi connectivity index (χ1v) is 10.7. The summed E-state index contributed by atoms with van der Waals surface area (Å²) in [6.45, 7) is 3.03. The molecule has 134 valence electrons. The zero-order valence-corrected chi connectivity index (χ0v) is 16.1. The van der Waals surface area contributed by atoms with Crippen molar-refractivity contribution in [1.82, 2.24) is 9.80 Å². The molecule has 0 atom stereocenters. The van der Waals surface area contributed by atoms with Crippen LogP contribution in [0.1, 0.15) is 12.0 Å². The average molecular weight is 421 g/mol. The van der Waals surface area contributed by atoms with Crippen molar-refractivity contribution in [1.29, 1.82) is 0 Å². The van der Waals surface area contributed by atoms with Gasteiger partial charge in [-0.3, -0.25) is 9.69 Å². The van der Waals surface area contributed by atoms with E-state index >= 15 is 0 Å². The highest BCUT2D eigenvalue weighted by molar-refractivity contribution is 9.10. The van der Waals surface area contributed by atoms with E-state index in [9.17, 15) is 17.6 Å². The number of aryl methyl sites for hydroxylation is 1. The molecule has 1 heterocycles. The van der Waals surface area contributed by atoms with Gasteiger partial charge in [-0.25, -0.2) is 12.8 Å². The Morgan fingerprint density at radius 1 is 1.25 bits per heavy atom. The van der Waals surface area contributed by atoms with Crippen LogP contribution in [0.25, 0.3) is 0 Å². The SMILES string of the molecule is CS(=O)(=O)CCN1CCN(C(=O)CCc2ccc(Br)cc2F)CC1. The van der Waals surface area contributed by atoms with Crippen molar-refractivity contribution < 1.29 is 17.6 Å². The lowest BCUT2D eigenvalue weighted by Gasteiger charge is -2.34. The second-order valence-corrected chi connectivity index (χ2v) is 9.26. The Morgan fingerprint density at radius 3 is 2.50 bits per heavy atom. The molecular weight excluding hydrogens is 399 g/mol. The van der Waals surface area contributed by atoms with Crippen molar-refractivity contribution in [2.45, 2.75) is 12.8 Å². The van der Waals surface area contributed by atoms with Gasteiger partial charge in [0.05, 0.1) is 5.75 Å². The number of piperazine rings is 1. The number of nitrogens with zero attached hydrogens (tertiary/aromatic N) is 2. The normalized spacial score (nSPS) is 16.4. The molecule has 8 heteroatoms. The highest BCUT2D eigenvalue weighted by Gasteiger charge is 2.21. The molecule has 0 aliphatic carbocycles. The summed E-state index contributed by atoms with van der Waals surface area (Å²) in [5.41, 5.74) is 0.540. The molecule has 1 aromatic rings. The Bertz CT molecular complexity index is 689. The first-order valence-electron chi connectivity index (χ1n) is 7.86. The van der Waals surface area contributed by atoms with Crippen LogP contribution in [0, 0.1) is 5.82 Å². The van der Waals surface area contributed by atoms with Gasteiger partial charge in [-0.05, 0) is 24.1 Å². The van der Waals surface area contributed by atoms with Crippen LogP contribution in [0.3, 0.4) is 0 Å². The Hall–Kier alpha value is -0.990. The number of carbonyl (C=O) groups excluding carboxylic acids is 1. The lowest BCUT2D eigenvalue weighted by Crippen LogP contribution is -2.49. The third-order valence-electron chi connectivity index (χ3n) is 4.13. The number of sulfone groups is 1. The van der Waals surface area contributed by atoms with Crippen LogP contribution in [0.2, 0.25) is 0 Å². The highest BCUT2D eigenvalue weighted by atomic mass is 79.9. The Balaban J connectivity index is 1.76. The van der Waals surface area contributed by atoms with E-state index in [1.165, 1.54) is 12.3 Å². The molecule has 1 aliphatic heterocycles. The van der Waals surface area contributed by atoms with Gasteiger partial charge in [0.1, 0.15) is 15.7 Å². The van der Waals surface area contributed by atoms with Crippen LogP contribution in [0.5, 0.6) is 0 Å². The van der Waals surface area contributed by atoms with Gasteiger partial charge in [0.25, 0.3) is 0 Å². The molecule has 0 saturated carbocycles. The zero-order valence-electron chi connectivity index (χ0n) is 13.7. The molecule has 1 aliphatic rings. The van der Waals surface area contributed by atoms with Gasteiger partial charge < -0.3 is 4.90 Å². The number of rotatable bonds is 6. The summed E-state index contributed by atoms with van der Waals surface area (Å²) in [4.78, 5) is 16.1. The smallest absolute Gasteiger partial charge is 0.222 e. The van der Waals surface area contributed by atoms with Crippen LogP contribution in [-0.2, 0) is 21.1 Å². The fourth-order valence-electron chi connectivity index (χ4n) is 2.64. The fourth-order valence-corrected chi connectivity index (χ4v) is 3.56. The molecule has 0 aromatic heterocycles. The van der Waals surface area contributed by atoms with E-state index < -0.39 is 9.84 Å². The number of carbonyl (C=O) groups is 1. The summed E-state index contributed by atoms with van der Waals surface area (Å²) in [5, 5.41) is 0. The van der Waals surface area contributed by atoms with Gasteiger partial charge in [-0.15, -0.1) is 0 Å². The molecule has 0 bridgehead atoms. The van der Waals surface area contributed by atoms with Gasteiger partial charge in [-0.1, -0.05) is 22.0 Å². The molecule has 1 amide bonds. The van der Waals surface area contributed by atoms with Gasteiger partial charge in [0.15, 0.2) is 0 Å². The number of benzene rings is 1. The average Bonchev–Trinajstić information content (AvgIpc) is 2.51. The minimum Gasteiger partial charge on any atom is -0.340 e. The van der Waals surface area contributed by atoms with E-state index in [-0.39, 0.29) is 23.9 Å². The highest BCUT2D eigenvalue weighted by Crippen LogP contribution is 2.17. The fraction of sp³-hybridized carbons (Fsp3) is 0.562. The molecule has 1 fully saturated rings. The van der Waals surface area contributed by atoms with Crippen molar-refractivity contribution in [3.63, 3.8) is 0 Å². The summed E-state index contributed by atoms with van der Waals surface area (Å²) in [7, 11) is -2.96. The van der Waals surface area contributed by atoms with Crippen LogP contribution in [0.4, 0.5) is 4.39 Å². The third-order valence-corrected chi connectivity index (χ3v) is 5.54. The van der Waals surface area contributed by atoms with Crippen LogP contribution < -0.4 is 0 Å². The number of amides is 1. The Labute approximate surface area is 150 Å². The predicted molar refractivity (Wildman–Crippen MR) is 95.2 cm³/mol. The van der Waals surface area contributed by atoms with Crippen molar-refractivity contribution in [2.75, 3.05) is 44.7 Å². The molecule has 24 heavy (non-hydrogen) atoms. The largest absolute Gasteiger partial charge is 0.340 e. The zero-order chi connectivity index (χ0) is 17.7. The Morgan fingerprint density at radius 2 is 1.92 bits per heavy atom. The van der Waals surface area contributed by atoms with Gasteiger partial charge in [0, 0.05) is 49.9 Å². The van der Waals surface area contributed by atoms with E-state index in [4.69, 9.17) is 0 Å². The molecule has 0 radical (unpaired) electrons. The van der Waals surface area contributed by atoms with E-state index in [1.54, 1.807) is 17.0 Å². The minimum atomic E-state index is -2.96. The van der Waals surface area contributed by atoms with E-state index in [0.29, 0.717) is 49.2 Å². The van der Waals surface area contributed by atoms with E-state index in [1.807, 2.05) is 0 Å². The van der Waals surface area contributed by atoms with Crippen molar-refractivity contribution in [2.24, 2.45) is 0 Å². The summed E-state index contributed by atoms with van der Waals surface area (Å²) in [5.74, 6) is -0.146. The number of hydrogen-bond acceptors (Lipinski definition) is 4. The molecule has 0 N–H and O–H groups in total. The molecule has 1 saturated heterocycles. The van der Waals surface area contributed by atoms with Crippen LogP contribution >= 0.6 is 15.9 Å². The molecule has 0 unspecified atom stereocenters. The summed E-state index contributed by atoms with van der Waals surface area (Å²) in [6, 6.07) is 4.86. The lowest BCUT2D eigenvalue weighted by atomic mass is 10.1. The maximum atomic E-state index is 13.8. The van der Waals surface area contributed by atoms with Gasteiger partial charge in [-0.2, -0.15) is 0 Å². The predicted octanol–water partition coefficient (Wildman–Crippen LogP) is 1.71. The van der Waals surface area contributed by atoms with Crippen molar-refractivity contribution in [3.05, 3.63) is 34.1 Å². The minimum absolute atomic E-state index is 0.0140. The topological polar surface area (TPSA) is 57.7 Å². The van der Waals surface area contributed by atoms with E-state index in [2.05, 4.69) is 20.8 Å². The number of halogens is 2. The molecule has 0 spiro atoms. The van der Waals surface area contributed by atoms with E-state index in [0.717, 1.165) is 0 Å². The van der Waals surface area contributed by atoms with Gasteiger partial charge in [0.2, 0.25) is 5.91 Å². The van der Waals surface area contributed by atoms with Crippen LogP contribution in [0.15, 0.2) is 22.7 Å².